The molecule has 1 aromatic heterocycles. The number of hydrogen-bond donors (Lipinski definition) is 0. The smallest absolute Gasteiger partial charge is 0.406 e. The number of rotatable bonds is 6. The van der Waals surface area contributed by atoms with E-state index in [1.54, 1.807) is 18.2 Å². The third kappa shape index (κ3) is 5.49. The van der Waals surface area contributed by atoms with Crippen LogP contribution >= 0.6 is 11.6 Å². The van der Waals surface area contributed by atoms with Gasteiger partial charge in [0.15, 0.2) is 0 Å². The summed E-state index contributed by atoms with van der Waals surface area (Å²) in [5.41, 5.74) is 0.973. The zero-order valence-electron chi connectivity index (χ0n) is 14.6. The van der Waals surface area contributed by atoms with Gasteiger partial charge in [0.25, 0.3) is 0 Å². The first-order valence-corrected chi connectivity index (χ1v) is 9.06. The monoisotopic (exact) mass is 400 g/mol. The van der Waals surface area contributed by atoms with Gasteiger partial charge in [0.2, 0.25) is 5.91 Å². The van der Waals surface area contributed by atoms with Gasteiger partial charge in [-0.15, -0.1) is 0 Å². The Kier molecular flexibility index (Phi) is 6.11. The summed E-state index contributed by atoms with van der Waals surface area (Å²) in [7, 11) is 0. The van der Waals surface area contributed by atoms with Crippen LogP contribution in [-0.4, -0.2) is 41.5 Å². The van der Waals surface area contributed by atoms with Gasteiger partial charge in [-0.2, -0.15) is 13.2 Å². The fourth-order valence-corrected chi connectivity index (χ4v) is 3.62. The lowest BCUT2D eigenvalue weighted by molar-refractivity contribution is -0.163. The number of carbonyl (C=O) groups is 1. The third-order valence-corrected chi connectivity index (χ3v) is 4.82. The molecule has 1 unspecified atom stereocenters. The number of halogens is 4. The molecule has 0 aliphatic carbocycles. The van der Waals surface area contributed by atoms with Crippen molar-refractivity contribution in [1.82, 2.24) is 9.80 Å². The standard InChI is InChI=1S/C19H20ClF3N2O2/c20-15-5-1-4-14(10-15)17-7-2-8-24(17)12-18(26)25(13-19(21,22)23)11-16-6-3-9-27-16/h1,3-6,9-10,17H,2,7-8,11-13H2. The Bertz CT molecular complexity index is 765. The Morgan fingerprint density at radius 2 is 2.11 bits per heavy atom. The van der Waals surface area contributed by atoms with E-state index in [2.05, 4.69) is 0 Å². The molecule has 0 bridgehead atoms. The van der Waals surface area contributed by atoms with E-state index in [-0.39, 0.29) is 19.1 Å². The minimum absolute atomic E-state index is 0.0241. The zero-order chi connectivity index (χ0) is 19.4. The zero-order valence-corrected chi connectivity index (χ0v) is 15.3. The molecule has 1 aliphatic heterocycles. The highest BCUT2D eigenvalue weighted by molar-refractivity contribution is 6.30. The minimum atomic E-state index is -4.47. The lowest BCUT2D eigenvalue weighted by Gasteiger charge is -2.29. The summed E-state index contributed by atoms with van der Waals surface area (Å²) < 4.78 is 43.9. The molecule has 1 aromatic carbocycles. The second kappa shape index (κ2) is 8.35. The van der Waals surface area contributed by atoms with Crippen molar-refractivity contribution >= 4 is 17.5 Å². The van der Waals surface area contributed by atoms with Crippen molar-refractivity contribution in [2.45, 2.75) is 31.6 Å². The van der Waals surface area contributed by atoms with E-state index in [1.165, 1.54) is 6.26 Å². The number of hydrogen-bond acceptors (Lipinski definition) is 3. The summed E-state index contributed by atoms with van der Waals surface area (Å²) in [6.45, 7) is -0.930. The number of nitrogens with zero attached hydrogens (tertiary/aromatic N) is 2. The first-order valence-electron chi connectivity index (χ1n) is 8.68. The number of carbonyl (C=O) groups excluding carboxylic acids is 1. The third-order valence-electron chi connectivity index (χ3n) is 4.59. The summed E-state index contributed by atoms with van der Waals surface area (Å²) in [5.74, 6) is -0.252. The maximum absolute atomic E-state index is 12.9. The molecule has 1 saturated heterocycles. The van der Waals surface area contributed by atoms with E-state index in [9.17, 15) is 18.0 Å². The van der Waals surface area contributed by atoms with Crippen LogP contribution in [0.4, 0.5) is 13.2 Å². The maximum atomic E-state index is 12.9. The lowest BCUT2D eigenvalue weighted by atomic mass is 10.0. The van der Waals surface area contributed by atoms with Crippen molar-refractivity contribution in [3.63, 3.8) is 0 Å². The van der Waals surface area contributed by atoms with Crippen LogP contribution in [0, 0.1) is 0 Å². The fourth-order valence-electron chi connectivity index (χ4n) is 3.42. The van der Waals surface area contributed by atoms with Crippen LogP contribution in [0.1, 0.15) is 30.2 Å². The Labute approximate surface area is 160 Å². The molecule has 1 fully saturated rings. The second-order valence-electron chi connectivity index (χ2n) is 6.63. The van der Waals surface area contributed by atoms with Gasteiger partial charge in [-0.1, -0.05) is 23.7 Å². The highest BCUT2D eigenvalue weighted by atomic mass is 35.5. The van der Waals surface area contributed by atoms with Gasteiger partial charge in [0.1, 0.15) is 12.3 Å². The van der Waals surface area contributed by atoms with Gasteiger partial charge in [-0.25, -0.2) is 0 Å². The van der Waals surface area contributed by atoms with Crippen molar-refractivity contribution in [3.05, 3.63) is 59.0 Å². The molecule has 1 aliphatic rings. The van der Waals surface area contributed by atoms with Crippen molar-refractivity contribution in [2.75, 3.05) is 19.6 Å². The highest BCUT2D eigenvalue weighted by Crippen LogP contribution is 2.33. The van der Waals surface area contributed by atoms with Gasteiger partial charge in [-0.3, -0.25) is 9.69 Å². The largest absolute Gasteiger partial charge is 0.467 e. The van der Waals surface area contributed by atoms with Crippen LogP contribution in [-0.2, 0) is 11.3 Å². The average Bonchev–Trinajstić information content (AvgIpc) is 3.24. The van der Waals surface area contributed by atoms with Crippen LogP contribution in [0.25, 0.3) is 0 Å². The first-order chi connectivity index (χ1) is 12.8. The molecule has 1 atom stereocenters. The predicted octanol–water partition coefficient (Wildman–Crippen LogP) is 4.66. The number of benzene rings is 1. The van der Waals surface area contributed by atoms with Gasteiger partial charge >= 0.3 is 6.18 Å². The fraction of sp³-hybridized carbons (Fsp3) is 0.421. The minimum Gasteiger partial charge on any atom is -0.467 e. The van der Waals surface area contributed by atoms with E-state index < -0.39 is 18.6 Å². The molecule has 27 heavy (non-hydrogen) atoms. The molecule has 0 radical (unpaired) electrons. The molecule has 0 saturated carbocycles. The van der Waals surface area contributed by atoms with E-state index >= 15 is 0 Å². The molecule has 146 valence electrons. The molecule has 0 N–H and O–H groups in total. The van der Waals surface area contributed by atoms with Gasteiger partial charge in [0, 0.05) is 11.1 Å². The van der Waals surface area contributed by atoms with E-state index in [0.717, 1.165) is 23.3 Å². The van der Waals surface area contributed by atoms with Crippen LogP contribution < -0.4 is 0 Å². The Morgan fingerprint density at radius 3 is 2.78 bits per heavy atom. The van der Waals surface area contributed by atoms with Crippen molar-refractivity contribution in [1.29, 1.82) is 0 Å². The summed E-state index contributed by atoms with van der Waals surface area (Å²) in [6.07, 6.45) is -1.38. The Morgan fingerprint density at radius 1 is 1.30 bits per heavy atom. The molecule has 0 spiro atoms. The van der Waals surface area contributed by atoms with Crippen molar-refractivity contribution in [2.24, 2.45) is 0 Å². The summed E-state index contributed by atoms with van der Waals surface area (Å²) in [6, 6.07) is 10.5. The topological polar surface area (TPSA) is 36.7 Å². The Hall–Kier alpha value is -1.99. The van der Waals surface area contributed by atoms with E-state index in [0.29, 0.717) is 17.3 Å². The average molecular weight is 401 g/mol. The molecular weight excluding hydrogens is 381 g/mol. The molecule has 1 amide bonds. The molecule has 2 aromatic rings. The number of amides is 1. The molecular formula is C19H20ClF3N2O2. The van der Waals surface area contributed by atoms with Gasteiger partial charge in [0.05, 0.1) is 19.4 Å². The van der Waals surface area contributed by atoms with E-state index in [1.807, 2.05) is 23.1 Å². The Balaban J connectivity index is 1.71. The number of furan rings is 1. The van der Waals surface area contributed by atoms with Crippen molar-refractivity contribution in [3.8, 4) is 0 Å². The molecule has 4 nitrogen and oxygen atoms in total. The SMILES string of the molecule is O=C(CN1CCCC1c1cccc(Cl)c1)N(Cc1ccco1)CC(F)(F)F. The van der Waals surface area contributed by atoms with Crippen LogP contribution in [0.5, 0.6) is 0 Å². The van der Waals surface area contributed by atoms with E-state index in [4.69, 9.17) is 16.0 Å². The summed E-state index contributed by atoms with van der Waals surface area (Å²) in [4.78, 5) is 15.4. The molecule has 2 heterocycles. The van der Waals surface area contributed by atoms with Crippen molar-refractivity contribution < 1.29 is 22.4 Å². The maximum Gasteiger partial charge on any atom is 0.406 e. The molecule has 8 heteroatoms. The number of likely N-dealkylation sites (tertiary alicyclic amines) is 1. The molecule has 3 rings (SSSR count). The summed E-state index contributed by atoms with van der Waals surface area (Å²) >= 11 is 6.05. The first kappa shape index (κ1) is 19.8. The summed E-state index contributed by atoms with van der Waals surface area (Å²) in [5, 5.41) is 0.599. The normalized spacial score (nSPS) is 18.0. The highest BCUT2D eigenvalue weighted by Gasteiger charge is 2.35. The number of alkyl halides is 3. The van der Waals surface area contributed by atoms with Gasteiger partial charge < -0.3 is 9.32 Å². The van der Waals surface area contributed by atoms with Gasteiger partial charge in [-0.05, 0) is 49.2 Å². The predicted molar refractivity (Wildman–Crippen MR) is 95.2 cm³/mol. The van der Waals surface area contributed by atoms with Crippen LogP contribution in [0.3, 0.4) is 0 Å². The quantitative estimate of drug-likeness (QED) is 0.707. The van der Waals surface area contributed by atoms with Crippen LogP contribution in [0.2, 0.25) is 5.02 Å². The second-order valence-corrected chi connectivity index (χ2v) is 7.06. The lowest BCUT2D eigenvalue weighted by Crippen LogP contribution is -2.44. The van der Waals surface area contributed by atoms with Crippen LogP contribution in [0.15, 0.2) is 47.1 Å².